The van der Waals surface area contributed by atoms with E-state index in [0.717, 1.165) is 32.1 Å². The van der Waals surface area contributed by atoms with Gasteiger partial charge in [-0.2, -0.15) is 0 Å². The first-order chi connectivity index (χ1) is 9.63. The maximum atomic E-state index is 5.59. The Balaban J connectivity index is 1.83. The third-order valence-corrected chi connectivity index (χ3v) is 4.11. The Bertz CT molecular complexity index is 627. The Hall–Kier alpha value is -1.14. The Kier molecular flexibility index (Phi) is 3.94. The van der Waals surface area contributed by atoms with Gasteiger partial charge in [0.2, 0.25) is 0 Å². The molecule has 0 amide bonds. The fraction of sp³-hybridized carbons (Fsp3) is 0.286. The molecule has 2 heterocycles. The molecule has 1 aromatic carbocycles. The smallest absolute Gasteiger partial charge is 0.169 e. The molecule has 20 heavy (non-hydrogen) atoms. The van der Waals surface area contributed by atoms with Gasteiger partial charge in [-0.1, -0.05) is 0 Å². The van der Waals surface area contributed by atoms with E-state index in [0.29, 0.717) is 13.2 Å². The summed E-state index contributed by atoms with van der Waals surface area (Å²) in [6.45, 7) is 3.20. The van der Waals surface area contributed by atoms with Crippen LogP contribution in [-0.2, 0) is 0 Å². The van der Waals surface area contributed by atoms with Crippen molar-refractivity contribution in [1.82, 2.24) is 0 Å². The lowest BCUT2D eigenvalue weighted by molar-refractivity contribution is 0.171. The maximum Gasteiger partial charge on any atom is 0.169 e. The number of hydrogen-bond acceptors (Lipinski definition) is 4. The molecule has 2 aromatic rings. The molecule has 1 atom stereocenters. The van der Waals surface area contributed by atoms with Crippen molar-refractivity contribution in [3.05, 3.63) is 39.2 Å². The van der Waals surface area contributed by atoms with Crippen LogP contribution in [0.4, 0.5) is 5.69 Å². The lowest BCUT2D eigenvalue weighted by Crippen LogP contribution is -2.16. The number of hydrogen-bond donors (Lipinski definition) is 1. The van der Waals surface area contributed by atoms with Gasteiger partial charge in [0.1, 0.15) is 19.0 Å². The number of anilines is 1. The standard InChI is InChI=1S/C14H13Br2NO3/c1-8(11-2-3-14(16)20-11)17-10-7-13-12(6-9(10)15)18-4-5-19-13/h2-3,6-8,17H,4-5H2,1H3. The summed E-state index contributed by atoms with van der Waals surface area (Å²) in [6, 6.07) is 7.72. The highest BCUT2D eigenvalue weighted by molar-refractivity contribution is 9.10. The van der Waals surface area contributed by atoms with Crippen LogP contribution < -0.4 is 14.8 Å². The molecule has 0 radical (unpaired) electrons. The van der Waals surface area contributed by atoms with Gasteiger partial charge in [-0.3, -0.25) is 0 Å². The van der Waals surface area contributed by atoms with E-state index in [4.69, 9.17) is 13.9 Å². The molecule has 0 spiro atoms. The van der Waals surface area contributed by atoms with Crippen LogP contribution in [0.25, 0.3) is 0 Å². The zero-order chi connectivity index (χ0) is 14.1. The fourth-order valence-electron chi connectivity index (χ4n) is 2.04. The van der Waals surface area contributed by atoms with Gasteiger partial charge in [-0.15, -0.1) is 0 Å². The van der Waals surface area contributed by atoms with Crippen LogP contribution in [0.3, 0.4) is 0 Å². The van der Waals surface area contributed by atoms with Crippen molar-refractivity contribution in [1.29, 1.82) is 0 Å². The monoisotopic (exact) mass is 401 g/mol. The van der Waals surface area contributed by atoms with Crippen LogP contribution >= 0.6 is 31.9 Å². The summed E-state index contributed by atoms with van der Waals surface area (Å²) in [5.41, 5.74) is 0.939. The summed E-state index contributed by atoms with van der Waals surface area (Å²) in [7, 11) is 0. The molecule has 1 unspecified atom stereocenters. The SMILES string of the molecule is CC(Nc1cc2c(cc1Br)OCCO2)c1ccc(Br)o1. The predicted octanol–water partition coefficient (Wildman–Crippen LogP) is 4.75. The Morgan fingerprint density at radius 2 is 1.80 bits per heavy atom. The fourth-order valence-corrected chi connectivity index (χ4v) is 2.80. The number of ether oxygens (including phenoxy) is 2. The largest absolute Gasteiger partial charge is 0.486 e. The molecule has 0 saturated heterocycles. The van der Waals surface area contributed by atoms with Gasteiger partial charge >= 0.3 is 0 Å². The summed E-state index contributed by atoms with van der Waals surface area (Å²) in [4.78, 5) is 0. The van der Waals surface area contributed by atoms with Crippen molar-refractivity contribution in [2.75, 3.05) is 18.5 Å². The topological polar surface area (TPSA) is 43.6 Å². The average Bonchev–Trinajstić information content (AvgIpc) is 2.86. The number of rotatable bonds is 3. The second kappa shape index (κ2) is 5.69. The molecule has 1 aromatic heterocycles. The van der Waals surface area contributed by atoms with Crippen molar-refractivity contribution in [2.24, 2.45) is 0 Å². The van der Waals surface area contributed by atoms with Crippen LogP contribution in [0.1, 0.15) is 18.7 Å². The van der Waals surface area contributed by atoms with E-state index in [1.54, 1.807) is 0 Å². The maximum absolute atomic E-state index is 5.59. The number of nitrogens with one attached hydrogen (secondary N) is 1. The minimum atomic E-state index is 0.0418. The molecular formula is C14H13Br2NO3. The third-order valence-electron chi connectivity index (χ3n) is 3.02. The lowest BCUT2D eigenvalue weighted by Gasteiger charge is -2.21. The third kappa shape index (κ3) is 2.81. The number of fused-ring (bicyclic) bond motifs is 1. The molecule has 0 saturated carbocycles. The number of benzene rings is 1. The van der Waals surface area contributed by atoms with Gasteiger partial charge in [0.15, 0.2) is 16.2 Å². The van der Waals surface area contributed by atoms with Crippen LogP contribution in [0.15, 0.2) is 37.8 Å². The number of furan rings is 1. The van der Waals surface area contributed by atoms with Gasteiger partial charge < -0.3 is 19.2 Å². The molecule has 1 aliphatic rings. The van der Waals surface area contributed by atoms with Gasteiger partial charge in [-0.25, -0.2) is 0 Å². The minimum Gasteiger partial charge on any atom is -0.486 e. The summed E-state index contributed by atoms with van der Waals surface area (Å²) >= 11 is 6.85. The Morgan fingerprint density at radius 3 is 2.45 bits per heavy atom. The second-order valence-corrected chi connectivity index (χ2v) is 6.12. The highest BCUT2D eigenvalue weighted by Gasteiger charge is 2.17. The molecule has 6 heteroatoms. The van der Waals surface area contributed by atoms with E-state index in [1.165, 1.54) is 0 Å². The second-order valence-electron chi connectivity index (χ2n) is 4.48. The summed E-state index contributed by atoms with van der Waals surface area (Å²) in [5.74, 6) is 2.38. The molecule has 106 valence electrons. The van der Waals surface area contributed by atoms with Crippen molar-refractivity contribution in [2.45, 2.75) is 13.0 Å². The van der Waals surface area contributed by atoms with Gasteiger partial charge in [0.25, 0.3) is 0 Å². The molecule has 0 aliphatic carbocycles. The van der Waals surface area contributed by atoms with Crippen LogP contribution in [0, 0.1) is 0 Å². The van der Waals surface area contributed by atoms with Crippen molar-refractivity contribution in [3.63, 3.8) is 0 Å². The molecule has 1 aliphatic heterocycles. The zero-order valence-corrected chi connectivity index (χ0v) is 14.0. The van der Waals surface area contributed by atoms with Crippen molar-refractivity contribution in [3.8, 4) is 11.5 Å². The van der Waals surface area contributed by atoms with Gasteiger partial charge in [-0.05, 0) is 50.9 Å². The molecule has 0 fully saturated rings. The highest BCUT2D eigenvalue weighted by atomic mass is 79.9. The molecule has 1 N–H and O–H groups in total. The van der Waals surface area contributed by atoms with Crippen LogP contribution in [0.2, 0.25) is 0 Å². The lowest BCUT2D eigenvalue weighted by atomic mass is 10.2. The summed E-state index contributed by atoms with van der Waals surface area (Å²) < 4.78 is 18.3. The zero-order valence-electron chi connectivity index (χ0n) is 10.8. The van der Waals surface area contributed by atoms with Gasteiger partial charge in [0, 0.05) is 16.6 Å². The summed E-state index contributed by atoms with van der Waals surface area (Å²) in [6.07, 6.45) is 0. The van der Waals surface area contributed by atoms with E-state index in [9.17, 15) is 0 Å². The first kappa shape index (κ1) is 13.8. The first-order valence-corrected chi connectivity index (χ1v) is 7.83. The summed E-state index contributed by atoms with van der Waals surface area (Å²) in [5, 5.41) is 3.39. The minimum absolute atomic E-state index is 0.0418. The number of halogens is 2. The molecular weight excluding hydrogens is 390 g/mol. The van der Waals surface area contributed by atoms with E-state index < -0.39 is 0 Å². The average molecular weight is 403 g/mol. The van der Waals surface area contributed by atoms with Gasteiger partial charge in [0.05, 0.1) is 11.7 Å². The van der Waals surface area contributed by atoms with E-state index in [1.807, 2.05) is 31.2 Å². The first-order valence-electron chi connectivity index (χ1n) is 6.24. The van der Waals surface area contributed by atoms with Crippen molar-refractivity contribution < 1.29 is 13.9 Å². The van der Waals surface area contributed by atoms with E-state index >= 15 is 0 Å². The van der Waals surface area contributed by atoms with Crippen molar-refractivity contribution >= 4 is 37.5 Å². The predicted molar refractivity (Wildman–Crippen MR) is 83.6 cm³/mol. The normalized spacial score (nSPS) is 14.9. The highest BCUT2D eigenvalue weighted by Crippen LogP contribution is 2.39. The molecule has 0 bridgehead atoms. The van der Waals surface area contributed by atoms with E-state index in [-0.39, 0.29) is 6.04 Å². The molecule has 4 nitrogen and oxygen atoms in total. The van der Waals surface area contributed by atoms with Crippen LogP contribution in [-0.4, -0.2) is 13.2 Å². The quantitative estimate of drug-likeness (QED) is 0.804. The van der Waals surface area contributed by atoms with E-state index in [2.05, 4.69) is 37.2 Å². The Labute approximate surface area is 133 Å². The molecule has 3 rings (SSSR count). The Morgan fingerprint density at radius 1 is 1.10 bits per heavy atom. The van der Waals surface area contributed by atoms with Crippen LogP contribution in [0.5, 0.6) is 11.5 Å².